The number of hydrogen-bond donors (Lipinski definition) is 0. The van der Waals surface area contributed by atoms with Crippen molar-refractivity contribution >= 4 is 5.97 Å². The number of carbonyl (C=O) groups is 1. The lowest BCUT2D eigenvalue weighted by atomic mass is 9.81. The molecule has 2 nitrogen and oxygen atoms in total. The van der Waals surface area contributed by atoms with Gasteiger partial charge in [-0.15, -0.1) is 0 Å². The maximum Gasteiger partial charge on any atom is 0.331 e. The summed E-state index contributed by atoms with van der Waals surface area (Å²) < 4.78 is 5.30. The zero-order chi connectivity index (χ0) is 8.60. The van der Waals surface area contributed by atoms with Gasteiger partial charge < -0.3 is 4.74 Å². The number of rotatable bonds is 0. The average molecular weight is 164 g/mol. The Bertz CT molecular complexity index is 265. The molecule has 12 heavy (non-hydrogen) atoms. The largest absolute Gasteiger partial charge is 0.451 e. The summed E-state index contributed by atoms with van der Waals surface area (Å²) in [6, 6.07) is 0. The number of allylic oxidation sites excluding steroid dienone is 1. The molecular weight excluding hydrogens is 152 g/mol. The zero-order valence-electron chi connectivity index (χ0n) is 7.12. The number of hydrogen-bond acceptors (Lipinski definition) is 2. The van der Waals surface area contributed by atoms with Gasteiger partial charge in [0, 0.05) is 12.0 Å². The lowest BCUT2D eigenvalue weighted by Gasteiger charge is -2.33. The van der Waals surface area contributed by atoms with Crippen molar-refractivity contribution in [2.45, 2.75) is 25.4 Å². The Balaban J connectivity index is 2.27. The first-order valence-corrected chi connectivity index (χ1v) is 4.32. The van der Waals surface area contributed by atoms with Crippen LogP contribution in [0.5, 0.6) is 0 Å². The molecule has 2 atom stereocenters. The van der Waals surface area contributed by atoms with Gasteiger partial charge in [-0.1, -0.05) is 19.1 Å². The van der Waals surface area contributed by atoms with Crippen LogP contribution < -0.4 is 0 Å². The molecule has 0 N–H and O–H groups in total. The van der Waals surface area contributed by atoms with Crippen molar-refractivity contribution in [2.24, 2.45) is 5.92 Å². The topological polar surface area (TPSA) is 26.3 Å². The van der Waals surface area contributed by atoms with Crippen LogP contribution in [-0.4, -0.2) is 11.6 Å². The molecule has 1 heterocycles. The number of ether oxygens (including phenoxy) is 1. The summed E-state index contributed by atoms with van der Waals surface area (Å²) in [7, 11) is 0. The standard InChI is InChI=1S/C10H12O2/c1-8-4-2-3-6-10(8)7-5-9(11)12-10/h2,4-5,7-8H,3,6H2,1H3. The fourth-order valence-corrected chi connectivity index (χ4v) is 1.84. The molecule has 2 rings (SSSR count). The van der Waals surface area contributed by atoms with Gasteiger partial charge in [0.2, 0.25) is 0 Å². The Morgan fingerprint density at radius 3 is 3.08 bits per heavy atom. The molecule has 1 aliphatic heterocycles. The third kappa shape index (κ3) is 0.986. The van der Waals surface area contributed by atoms with Crippen molar-refractivity contribution in [1.29, 1.82) is 0 Å². The first kappa shape index (κ1) is 7.59. The van der Waals surface area contributed by atoms with Crippen LogP contribution in [0.15, 0.2) is 24.3 Å². The number of carbonyl (C=O) groups excluding carboxylic acids is 1. The maximum atomic E-state index is 10.9. The highest BCUT2D eigenvalue weighted by Crippen LogP contribution is 2.36. The van der Waals surface area contributed by atoms with Gasteiger partial charge in [0.1, 0.15) is 5.60 Å². The van der Waals surface area contributed by atoms with E-state index in [1.54, 1.807) is 0 Å². The summed E-state index contributed by atoms with van der Waals surface area (Å²) in [5.41, 5.74) is -0.314. The molecule has 1 spiro atoms. The molecule has 0 fully saturated rings. The smallest absolute Gasteiger partial charge is 0.331 e. The van der Waals surface area contributed by atoms with E-state index in [4.69, 9.17) is 4.74 Å². The minimum Gasteiger partial charge on any atom is -0.451 e. The van der Waals surface area contributed by atoms with E-state index in [0.29, 0.717) is 5.92 Å². The molecule has 0 saturated heterocycles. The number of esters is 1. The van der Waals surface area contributed by atoms with Crippen LogP contribution in [-0.2, 0) is 9.53 Å². The van der Waals surface area contributed by atoms with Crippen LogP contribution in [0.25, 0.3) is 0 Å². The van der Waals surface area contributed by atoms with Crippen molar-refractivity contribution in [1.82, 2.24) is 0 Å². The summed E-state index contributed by atoms with van der Waals surface area (Å²) in [6.45, 7) is 2.08. The SMILES string of the molecule is CC1C=CCCC12C=CC(=O)O2. The van der Waals surface area contributed by atoms with Gasteiger partial charge in [0.15, 0.2) is 0 Å². The predicted molar refractivity (Wildman–Crippen MR) is 45.5 cm³/mol. The summed E-state index contributed by atoms with van der Waals surface area (Å²) in [5.74, 6) is 0.117. The second-order valence-corrected chi connectivity index (χ2v) is 3.46. The molecule has 2 heteroatoms. The van der Waals surface area contributed by atoms with Crippen LogP contribution in [0.2, 0.25) is 0 Å². The van der Waals surface area contributed by atoms with Crippen molar-refractivity contribution in [3.05, 3.63) is 24.3 Å². The Morgan fingerprint density at radius 1 is 1.67 bits per heavy atom. The third-order valence-corrected chi connectivity index (χ3v) is 2.69. The maximum absolute atomic E-state index is 10.9. The van der Waals surface area contributed by atoms with E-state index in [1.165, 1.54) is 6.08 Å². The van der Waals surface area contributed by atoms with Crippen molar-refractivity contribution < 1.29 is 9.53 Å². The van der Waals surface area contributed by atoms with Crippen molar-refractivity contribution in [3.63, 3.8) is 0 Å². The molecule has 0 aromatic carbocycles. The van der Waals surface area contributed by atoms with Crippen LogP contribution in [0.4, 0.5) is 0 Å². The summed E-state index contributed by atoms with van der Waals surface area (Å²) in [6.07, 6.45) is 9.64. The zero-order valence-corrected chi connectivity index (χ0v) is 7.12. The van der Waals surface area contributed by atoms with Crippen molar-refractivity contribution in [2.75, 3.05) is 0 Å². The van der Waals surface area contributed by atoms with Crippen LogP contribution in [0.3, 0.4) is 0 Å². The molecule has 64 valence electrons. The van der Waals surface area contributed by atoms with E-state index in [-0.39, 0.29) is 11.6 Å². The van der Waals surface area contributed by atoms with E-state index >= 15 is 0 Å². The van der Waals surface area contributed by atoms with E-state index in [1.807, 2.05) is 6.08 Å². The van der Waals surface area contributed by atoms with Crippen molar-refractivity contribution in [3.8, 4) is 0 Å². The normalized spacial score (nSPS) is 39.1. The molecule has 2 aliphatic rings. The molecule has 0 amide bonds. The highest BCUT2D eigenvalue weighted by Gasteiger charge is 2.40. The first-order valence-electron chi connectivity index (χ1n) is 4.32. The van der Waals surface area contributed by atoms with Gasteiger partial charge >= 0.3 is 5.97 Å². The minimum absolute atomic E-state index is 0.197. The Hall–Kier alpha value is -1.05. The summed E-state index contributed by atoms with van der Waals surface area (Å²) >= 11 is 0. The van der Waals surface area contributed by atoms with Gasteiger partial charge in [-0.05, 0) is 18.9 Å². The monoisotopic (exact) mass is 164 g/mol. The lowest BCUT2D eigenvalue weighted by Crippen LogP contribution is -2.36. The summed E-state index contributed by atoms with van der Waals surface area (Å²) in [5, 5.41) is 0. The van der Waals surface area contributed by atoms with E-state index in [9.17, 15) is 4.79 Å². The second-order valence-electron chi connectivity index (χ2n) is 3.46. The Morgan fingerprint density at radius 2 is 2.50 bits per heavy atom. The van der Waals surface area contributed by atoms with Gasteiger partial charge in [0.05, 0.1) is 0 Å². The minimum atomic E-state index is -0.314. The van der Waals surface area contributed by atoms with Gasteiger partial charge in [0.25, 0.3) is 0 Å². The van der Waals surface area contributed by atoms with Crippen LogP contribution in [0.1, 0.15) is 19.8 Å². The fourth-order valence-electron chi connectivity index (χ4n) is 1.84. The molecule has 1 aliphatic carbocycles. The molecule has 0 aromatic heterocycles. The second kappa shape index (κ2) is 2.47. The van der Waals surface area contributed by atoms with E-state index in [2.05, 4.69) is 19.1 Å². The van der Waals surface area contributed by atoms with Gasteiger partial charge in [-0.25, -0.2) is 4.79 Å². The van der Waals surface area contributed by atoms with Gasteiger partial charge in [-0.3, -0.25) is 0 Å². The van der Waals surface area contributed by atoms with Crippen LogP contribution >= 0.6 is 0 Å². The molecular formula is C10H12O2. The molecule has 0 radical (unpaired) electrons. The van der Waals surface area contributed by atoms with Gasteiger partial charge in [-0.2, -0.15) is 0 Å². The molecule has 2 unspecified atom stereocenters. The highest BCUT2D eigenvalue weighted by atomic mass is 16.6. The Labute approximate surface area is 71.9 Å². The fraction of sp³-hybridized carbons (Fsp3) is 0.500. The van der Waals surface area contributed by atoms with Crippen LogP contribution in [0, 0.1) is 5.92 Å². The average Bonchev–Trinajstić information content (AvgIpc) is 2.41. The lowest BCUT2D eigenvalue weighted by molar-refractivity contribution is -0.148. The Kier molecular flexibility index (Phi) is 1.56. The highest BCUT2D eigenvalue weighted by molar-refractivity contribution is 5.85. The van der Waals surface area contributed by atoms with E-state index in [0.717, 1.165) is 12.8 Å². The third-order valence-electron chi connectivity index (χ3n) is 2.69. The first-order chi connectivity index (χ1) is 5.73. The molecule has 0 saturated carbocycles. The molecule has 0 bridgehead atoms. The quantitative estimate of drug-likeness (QED) is 0.403. The van der Waals surface area contributed by atoms with E-state index < -0.39 is 0 Å². The summed E-state index contributed by atoms with van der Waals surface area (Å²) in [4.78, 5) is 10.9. The predicted octanol–water partition coefficient (Wildman–Crippen LogP) is 1.82. The molecule has 0 aromatic rings.